The third-order valence-electron chi connectivity index (χ3n) is 5.76. The molecule has 0 radical (unpaired) electrons. The number of nitrogens with two attached hydrogens (primary N) is 2. The normalized spacial score (nSPS) is 15.7. The summed E-state index contributed by atoms with van der Waals surface area (Å²) in [6.07, 6.45) is 3.44. The number of aryl methyl sites for hydroxylation is 2. The smallest absolute Gasteiger partial charge is 0.266 e. The molecule has 0 fully saturated rings. The van der Waals surface area contributed by atoms with E-state index in [4.69, 9.17) is 21.6 Å². The van der Waals surface area contributed by atoms with Gasteiger partial charge in [-0.15, -0.1) is 0 Å². The molecule has 0 amide bonds. The Morgan fingerprint density at radius 1 is 1.47 bits per heavy atom. The van der Waals surface area contributed by atoms with Gasteiger partial charge in [-0.1, -0.05) is 27.4 Å². The first kappa shape index (κ1) is 22.0. The maximum Gasteiger partial charge on any atom is 0.266 e. The summed E-state index contributed by atoms with van der Waals surface area (Å²) in [5.74, 6) is 5.83. The molecule has 0 aromatic carbocycles. The first-order chi connectivity index (χ1) is 14.2. The molecule has 2 aromatic heterocycles. The number of aromatic amines is 1. The van der Waals surface area contributed by atoms with Gasteiger partial charge in [-0.05, 0) is 44.1 Å². The number of hydrogen-bond acceptors (Lipinski definition) is 6. The fourth-order valence-corrected chi connectivity index (χ4v) is 4.02. The molecule has 0 aliphatic heterocycles. The lowest BCUT2D eigenvalue weighted by molar-refractivity contribution is 0.303. The van der Waals surface area contributed by atoms with Gasteiger partial charge in [-0.3, -0.25) is 9.48 Å². The summed E-state index contributed by atoms with van der Waals surface area (Å²) >= 11 is 0. The molecule has 8 nitrogen and oxygen atoms in total. The zero-order valence-electron chi connectivity index (χ0n) is 18.3. The second-order valence-corrected chi connectivity index (χ2v) is 8.62. The van der Waals surface area contributed by atoms with E-state index in [0.29, 0.717) is 42.2 Å². The Labute approximate surface area is 177 Å². The van der Waals surface area contributed by atoms with Crippen LogP contribution in [0.2, 0.25) is 0 Å². The Hall–Kier alpha value is -2.71. The molecule has 30 heavy (non-hydrogen) atoms. The minimum atomic E-state index is -0.0944. The standard InChI is InChI=1S/C22H32N6O2/c1-6-15-11-17(13(2)25-20(15)29)14(3)26-21(30-24)19-16-7-8-22(4,5)12-18(16)28(27-19)10-9-23/h11H,3,6-10,12,23-24H2,1-2,4-5H3,(H,25,29). The molecule has 162 valence electrons. The van der Waals surface area contributed by atoms with Gasteiger partial charge in [-0.25, -0.2) is 4.99 Å². The summed E-state index contributed by atoms with van der Waals surface area (Å²) in [5, 5.41) is 4.74. The van der Waals surface area contributed by atoms with Gasteiger partial charge in [0.2, 0.25) is 0 Å². The van der Waals surface area contributed by atoms with Crippen LogP contribution < -0.4 is 17.2 Å². The van der Waals surface area contributed by atoms with Crippen LogP contribution in [0.4, 0.5) is 0 Å². The van der Waals surface area contributed by atoms with Gasteiger partial charge >= 0.3 is 0 Å². The fraction of sp³-hybridized carbons (Fsp3) is 0.500. The van der Waals surface area contributed by atoms with Crippen LogP contribution in [0.3, 0.4) is 0 Å². The van der Waals surface area contributed by atoms with Crippen LogP contribution in [-0.4, -0.2) is 27.2 Å². The summed E-state index contributed by atoms with van der Waals surface area (Å²) in [4.78, 5) is 24.6. The summed E-state index contributed by atoms with van der Waals surface area (Å²) in [7, 11) is 0. The van der Waals surface area contributed by atoms with Gasteiger partial charge in [-0.2, -0.15) is 11.0 Å². The van der Waals surface area contributed by atoms with Crippen molar-refractivity contribution in [2.24, 2.45) is 22.0 Å². The zero-order valence-corrected chi connectivity index (χ0v) is 18.3. The molecule has 5 N–H and O–H groups in total. The van der Waals surface area contributed by atoms with Gasteiger partial charge < -0.3 is 15.6 Å². The second-order valence-electron chi connectivity index (χ2n) is 8.62. The van der Waals surface area contributed by atoms with Crippen molar-refractivity contribution in [1.82, 2.24) is 14.8 Å². The van der Waals surface area contributed by atoms with Crippen molar-refractivity contribution in [3.8, 4) is 0 Å². The quantitative estimate of drug-likeness (QED) is 0.381. The van der Waals surface area contributed by atoms with Crippen molar-refractivity contribution in [3.63, 3.8) is 0 Å². The SMILES string of the molecule is C=C(N=C(ON)c1nn(CCN)c2c1CCC(C)(C)C2)c1cc(CC)c(=O)[nH]c1C. The molecule has 0 bridgehead atoms. The maximum atomic E-state index is 12.0. The van der Waals surface area contributed by atoms with Gasteiger partial charge in [0.1, 0.15) is 0 Å². The molecule has 8 heteroatoms. The highest BCUT2D eigenvalue weighted by molar-refractivity contribution is 5.97. The van der Waals surface area contributed by atoms with Gasteiger partial charge in [0.25, 0.3) is 11.5 Å². The van der Waals surface area contributed by atoms with Crippen LogP contribution >= 0.6 is 0 Å². The minimum Gasteiger partial charge on any atom is -0.389 e. The number of pyridine rings is 1. The molecule has 0 atom stereocenters. The Bertz CT molecular complexity index is 1040. The number of rotatable bonds is 6. The molecule has 0 unspecified atom stereocenters. The van der Waals surface area contributed by atoms with Crippen molar-refractivity contribution in [2.75, 3.05) is 6.54 Å². The molecule has 0 saturated heterocycles. The highest BCUT2D eigenvalue weighted by Gasteiger charge is 2.32. The number of aliphatic imine (C=N–C) groups is 1. The van der Waals surface area contributed by atoms with E-state index in [1.54, 1.807) is 0 Å². The molecule has 0 spiro atoms. The zero-order chi connectivity index (χ0) is 22.1. The molecule has 0 saturated carbocycles. The van der Waals surface area contributed by atoms with Crippen molar-refractivity contribution in [2.45, 2.75) is 59.9 Å². The van der Waals surface area contributed by atoms with Crippen LogP contribution in [0.25, 0.3) is 5.70 Å². The van der Waals surface area contributed by atoms with Crippen molar-refractivity contribution in [3.05, 3.63) is 56.8 Å². The lowest BCUT2D eigenvalue weighted by atomic mass is 9.76. The van der Waals surface area contributed by atoms with Gasteiger partial charge in [0.05, 0.1) is 12.2 Å². The Morgan fingerprint density at radius 3 is 2.83 bits per heavy atom. The summed E-state index contributed by atoms with van der Waals surface area (Å²) in [6, 6.07) is 1.82. The predicted octanol–water partition coefficient (Wildman–Crippen LogP) is 2.22. The summed E-state index contributed by atoms with van der Waals surface area (Å²) in [6.45, 7) is 13.5. The molecular formula is C22H32N6O2. The average molecular weight is 413 g/mol. The van der Waals surface area contributed by atoms with E-state index in [2.05, 4.69) is 30.4 Å². The van der Waals surface area contributed by atoms with E-state index in [1.807, 2.05) is 24.6 Å². The number of hydrogen-bond donors (Lipinski definition) is 3. The molecule has 1 aliphatic carbocycles. The van der Waals surface area contributed by atoms with E-state index >= 15 is 0 Å². The lowest BCUT2D eigenvalue weighted by Crippen LogP contribution is -2.25. The third kappa shape index (κ3) is 4.24. The topological polar surface area (TPSA) is 124 Å². The number of nitrogens with zero attached hydrogens (tertiary/aromatic N) is 3. The van der Waals surface area contributed by atoms with Crippen molar-refractivity contribution < 1.29 is 4.84 Å². The molecule has 2 heterocycles. The maximum absolute atomic E-state index is 12.0. The highest BCUT2D eigenvalue weighted by Crippen LogP contribution is 2.36. The lowest BCUT2D eigenvalue weighted by Gasteiger charge is -2.30. The largest absolute Gasteiger partial charge is 0.389 e. The Kier molecular flexibility index (Phi) is 6.28. The molecule has 1 aliphatic rings. The Balaban J connectivity index is 2.05. The third-order valence-corrected chi connectivity index (χ3v) is 5.76. The number of H-pyrrole nitrogens is 1. The number of aromatic nitrogens is 3. The molecule has 3 rings (SSSR count). The predicted molar refractivity (Wildman–Crippen MR) is 119 cm³/mol. The number of fused-ring (bicyclic) bond motifs is 1. The summed E-state index contributed by atoms with van der Waals surface area (Å²) in [5.41, 5.74) is 11.4. The van der Waals surface area contributed by atoms with Crippen molar-refractivity contribution >= 4 is 11.6 Å². The minimum absolute atomic E-state index is 0.0944. The van der Waals surface area contributed by atoms with E-state index in [-0.39, 0.29) is 16.9 Å². The number of nitrogens with one attached hydrogen (secondary N) is 1. The van der Waals surface area contributed by atoms with Gasteiger partial charge in [0.15, 0.2) is 5.69 Å². The van der Waals surface area contributed by atoms with Crippen LogP contribution in [0.15, 0.2) is 22.4 Å². The van der Waals surface area contributed by atoms with Crippen LogP contribution in [-0.2, 0) is 30.6 Å². The monoisotopic (exact) mass is 412 g/mol. The molecule has 2 aromatic rings. The van der Waals surface area contributed by atoms with E-state index < -0.39 is 0 Å². The molecular weight excluding hydrogens is 380 g/mol. The average Bonchev–Trinajstić information content (AvgIpc) is 3.02. The van der Waals surface area contributed by atoms with E-state index in [0.717, 1.165) is 36.1 Å². The Morgan fingerprint density at radius 2 is 2.20 bits per heavy atom. The first-order valence-corrected chi connectivity index (χ1v) is 10.4. The van der Waals surface area contributed by atoms with Crippen LogP contribution in [0.5, 0.6) is 0 Å². The fourth-order valence-electron chi connectivity index (χ4n) is 4.02. The second kappa shape index (κ2) is 8.57. The van der Waals surface area contributed by atoms with E-state index in [1.165, 1.54) is 0 Å². The summed E-state index contributed by atoms with van der Waals surface area (Å²) < 4.78 is 1.95. The highest BCUT2D eigenvalue weighted by atomic mass is 16.6. The van der Waals surface area contributed by atoms with Crippen LogP contribution in [0.1, 0.15) is 61.0 Å². The van der Waals surface area contributed by atoms with E-state index in [9.17, 15) is 4.79 Å². The van der Waals surface area contributed by atoms with Crippen molar-refractivity contribution in [1.29, 1.82) is 0 Å². The first-order valence-electron chi connectivity index (χ1n) is 10.4. The van der Waals surface area contributed by atoms with Gasteiger partial charge in [0, 0.05) is 34.6 Å². The van der Waals surface area contributed by atoms with Crippen LogP contribution in [0, 0.1) is 12.3 Å².